The summed E-state index contributed by atoms with van der Waals surface area (Å²) in [6.45, 7) is 0. The highest BCUT2D eigenvalue weighted by molar-refractivity contribution is 5.42. The Labute approximate surface area is 72.8 Å². The fraction of sp³-hybridized carbons (Fsp3) is 0.167. The van der Waals surface area contributed by atoms with Crippen molar-refractivity contribution in [2.75, 3.05) is 7.11 Å². The van der Waals surface area contributed by atoms with Crippen LogP contribution in [0.3, 0.4) is 0 Å². The molecule has 2 heterocycles. The Kier molecular flexibility index (Phi) is 1.83. The standard InChI is InChI=1S/C6H5N5O2/c1-12-6-7-2-4(9-11-6)5-10-8-3-13-5/h2-3H,1H3. The molecule has 0 saturated heterocycles. The van der Waals surface area contributed by atoms with Gasteiger partial charge >= 0.3 is 6.01 Å². The van der Waals surface area contributed by atoms with Crippen LogP contribution in [-0.2, 0) is 0 Å². The molecule has 2 aromatic heterocycles. The molecule has 0 unspecified atom stereocenters. The van der Waals surface area contributed by atoms with Gasteiger partial charge in [0.15, 0.2) is 5.69 Å². The summed E-state index contributed by atoms with van der Waals surface area (Å²) < 4.78 is 9.62. The third-order valence-electron chi connectivity index (χ3n) is 1.30. The van der Waals surface area contributed by atoms with Crippen molar-refractivity contribution in [2.45, 2.75) is 0 Å². The van der Waals surface area contributed by atoms with Crippen molar-refractivity contribution in [3.05, 3.63) is 12.6 Å². The van der Waals surface area contributed by atoms with Crippen LogP contribution < -0.4 is 4.74 Å². The number of ether oxygens (including phenoxy) is 1. The lowest BCUT2D eigenvalue weighted by Gasteiger charge is -1.94. The zero-order chi connectivity index (χ0) is 9.10. The van der Waals surface area contributed by atoms with Crippen molar-refractivity contribution < 1.29 is 9.15 Å². The normalized spacial score (nSPS) is 9.92. The van der Waals surface area contributed by atoms with Gasteiger partial charge in [0.1, 0.15) is 0 Å². The van der Waals surface area contributed by atoms with Crippen molar-refractivity contribution in [2.24, 2.45) is 0 Å². The minimum absolute atomic E-state index is 0.197. The molecule has 0 bridgehead atoms. The Bertz CT molecular complexity index is 370. The first-order valence-corrected chi connectivity index (χ1v) is 3.40. The molecule has 13 heavy (non-hydrogen) atoms. The lowest BCUT2D eigenvalue weighted by Crippen LogP contribution is -1.95. The summed E-state index contributed by atoms with van der Waals surface area (Å²) in [5.41, 5.74) is 0.415. The maximum atomic E-state index is 4.89. The van der Waals surface area contributed by atoms with Gasteiger partial charge < -0.3 is 9.15 Å². The Morgan fingerprint density at radius 2 is 2.23 bits per heavy atom. The molecule has 66 valence electrons. The van der Waals surface area contributed by atoms with Crippen molar-refractivity contribution in [3.63, 3.8) is 0 Å². The molecule has 0 N–H and O–H groups in total. The highest BCUT2D eigenvalue weighted by atomic mass is 16.5. The minimum atomic E-state index is 0.197. The highest BCUT2D eigenvalue weighted by Crippen LogP contribution is 2.10. The first kappa shape index (κ1) is 7.59. The summed E-state index contributed by atoms with van der Waals surface area (Å²) in [6.07, 6.45) is 2.65. The summed E-state index contributed by atoms with van der Waals surface area (Å²) in [7, 11) is 1.46. The number of aromatic nitrogens is 5. The van der Waals surface area contributed by atoms with Gasteiger partial charge in [-0.1, -0.05) is 5.10 Å². The van der Waals surface area contributed by atoms with Gasteiger partial charge in [-0.3, -0.25) is 0 Å². The number of rotatable bonds is 2. The molecule has 2 aromatic rings. The highest BCUT2D eigenvalue weighted by Gasteiger charge is 2.06. The van der Waals surface area contributed by atoms with Gasteiger partial charge in [0.05, 0.1) is 13.3 Å². The molecule has 7 nitrogen and oxygen atoms in total. The average Bonchev–Trinajstić information content (AvgIpc) is 2.71. The van der Waals surface area contributed by atoms with Crippen molar-refractivity contribution >= 4 is 0 Å². The van der Waals surface area contributed by atoms with Gasteiger partial charge in [0.2, 0.25) is 6.39 Å². The van der Waals surface area contributed by atoms with E-state index in [9.17, 15) is 0 Å². The van der Waals surface area contributed by atoms with Gasteiger partial charge in [-0.15, -0.1) is 15.3 Å². The van der Waals surface area contributed by atoms with E-state index >= 15 is 0 Å². The van der Waals surface area contributed by atoms with Gasteiger partial charge in [-0.05, 0) is 0 Å². The first-order valence-electron chi connectivity index (χ1n) is 3.40. The molecule has 0 radical (unpaired) electrons. The van der Waals surface area contributed by atoms with E-state index < -0.39 is 0 Å². The molecule has 0 aliphatic rings. The second-order valence-electron chi connectivity index (χ2n) is 2.07. The van der Waals surface area contributed by atoms with Crippen molar-refractivity contribution in [1.82, 2.24) is 25.4 Å². The van der Waals surface area contributed by atoms with Gasteiger partial charge in [-0.2, -0.15) is 4.98 Å². The van der Waals surface area contributed by atoms with E-state index in [1.165, 1.54) is 19.7 Å². The molecule has 0 saturated carbocycles. The Balaban J connectivity index is 2.33. The van der Waals surface area contributed by atoms with Crippen molar-refractivity contribution in [1.29, 1.82) is 0 Å². The predicted molar refractivity (Wildman–Crippen MR) is 39.7 cm³/mol. The quantitative estimate of drug-likeness (QED) is 0.637. The minimum Gasteiger partial charge on any atom is -0.466 e. The molecule has 0 aliphatic heterocycles. The SMILES string of the molecule is COc1ncc(-c2nnco2)nn1. The second kappa shape index (κ2) is 3.13. The van der Waals surface area contributed by atoms with Gasteiger partial charge in [0.25, 0.3) is 5.89 Å². The zero-order valence-electron chi connectivity index (χ0n) is 6.71. The first-order chi connectivity index (χ1) is 6.40. The lowest BCUT2D eigenvalue weighted by molar-refractivity contribution is 0.373. The lowest BCUT2D eigenvalue weighted by atomic mass is 10.5. The third kappa shape index (κ3) is 1.43. The van der Waals surface area contributed by atoms with E-state index in [0.29, 0.717) is 5.69 Å². The average molecular weight is 179 g/mol. The molecule has 0 fully saturated rings. The Morgan fingerprint density at radius 3 is 2.77 bits per heavy atom. The molecule has 0 aromatic carbocycles. The number of hydrogen-bond donors (Lipinski definition) is 0. The van der Waals surface area contributed by atoms with Gasteiger partial charge in [0, 0.05) is 0 Å². The number of methoxy groups -OCH3 is 1. The number of hydrogen-bond acceptors (Lipinski definition) is 7. The molecular formula is C6H5N5O2. The molecule has 0 aliphatic carbocycles. The molecular weight excluding hydrogens is 174 g/mol. The summed E-state index contributed by atoms with van der Waals surface area (Å²) in [4.78, 5) is 3.83. The maximum absolute atomic E-state index is 4.89. The van der Waals surface area contributed by atoms with E-state index in [4.69, 9.17) is 9.15 Å². The van der Waals surface area contributed by atoms with Crippen LogP contribution in [-0.4, -0.2) is 32.5 Å². The Morgan fingerprint density at radius 1 is 1.31 bits per heavy atom. The largest absolute Gasteiger partial charge is 0.466 e. The summed E-state index contributed by atoms with van der Waals surface area (Å²) in [5.74, 6) is 0.280. The summed E-state index contributed by atoms with van der Waals surface area (Å²) >= 11 is 0. The molecule has 0 amide bonds. The van der Waals surface area contributed by atoms with E-state index in [2.05, 4.69) is 25.4 Å². The molecule has 7 heteroatoms. The van der Waals surface area contributed by atoms with Crippen LogP contribution >= 0.6 is 0 Å². The van der Waals surface area contributed by atoms with E-state index in [1.54, 1.807) is 0 Å². The monoisotopic (exact) mass is 179 g/mol. The third-order valence-corrected chi connectivity index (χ3v) is 1.30. The van der Waals surface area contributed by atoms with Gasteiger partial charge in [-0.25, -0.2) is 0 Å². The van der Waals surface area contributed by atoms with Crippen LogP contribution in [0.4, 0.5) is 0 Å². The fourth-order valence-electron chi connectivity index (χ4n) is 0.741. The number of nitrogens with zero attached hydrogens (tertiary/aromatic N) is 5. The van der Waals surface area contributed by atoms with Crippen LogP contribution in [0.15, 0.2) is 17.0 Å². The van der Waals surface area contributed by atoms with Crippen LogP contribution in [0.1, 0.15) is 0 Å². The van der Waals surface area contributed by atoms with E-state index in [0.717, 1.165) is 0 Å². The van der Waals surface area contributed by atoms with Crippen LogP contribution in [0.5, 0.6) is 6.01 Å². The summed E-state index contributed by atoms with van der Waals surface area (Å²) in [5, 5.41) is 14.5. The second-order valence-corrected chi connectivity index (χ2v) is 2.07. The van der Waals surface area contributed by atoms with Crippen LogP contribution in [0.25, 0.3) is 11.6 Å². The maximum Gasteiger partial charge on any atom is 0.335 e. The molecule has 0 spiro atoms. The smallest absolute Gasteiger partial charge is 0.335 e. The predicted octanol–water partition coefficient (Wildman–Crippen LogP) is -0.0698. The summed E-state index contributed by atoms with van der Waals surface area (Å²) in [6, 6.07) is 0.197. The zero-order valence-corrected chi connectivity index (χ0v) is 6.71. The van der Waals surface area contributed by atoms with E-state index in [-0.39, 0.29) is 11.9 Å². The van der Waals surface area contributed by atoms with Crippen molar-refractivity contribution in [3.8, 4) is 17.6 Å². The molecule has 2 rings (SSSR count). The fourth-order valence-corrected chi connectivity index (χ4v) is 0.741. The van der Waals surface area contributed by atoms with Crippen LogP contribution in [0, 0.1) is 0 Å². The topological polar surface area (TPSA) is 86.8 Å². The molecule has 0 atom stereocenters. The Hall–Kier alpha value is -2.05. The van der Waals surface area contributed by atoms with Crippen LogP contribution in [0.2, 0.25) is 0 Å². The van der Waals surface area contributed by atoms with E-state index in [1.807, 2.05) is 0 Å².